The molecule has 1 aromatic carbocycles. The van der Waals surface area contributed by atoms with E-state index in [-0.39, 0.29) is 12.4 Å². The summed E-state index contributed by atoms with van der Waals surface area (Å²) in [5.41, 5.74) is 0. The van der Waals surface area contributed by atoms with Gasteiger partial charge in [0.1, 0.15) is 5.75 Å². The first kappa shape index (κ1) is 16.9. The molecular formula is C13H19Cl3N2O. The quantitative estimate of drug-likeness (QED) is 0.842. The van der Waals surface area contributed by atoms with Gasteiger partial charge in [0.25, 0.3) is 0 Å². The van der Waals surface area contributed by atoms with Crippen molar-refractivity contribution in [3.63, 3.8) is 0 Å². The lowest BCUT2D eigenvalue weighted by Gasteiger charge is -2.27. The van der Waals surface area contributed by atoms with Gasteiger partial charge in [-0.25, -0.2) is 0 Å². The summed E-state index contributed by atoms with van der Waals surface area (Å²) in [5, 5.41) is 4.55. The number of nitrogens with zero attached hydrogens (tertiary/aromatic N) is 1. The van der Waals surface area contributed by atoms with E-state index in [4.69, 9.17) is 27.9 Å². The van der Waals surface area contributed by atoms with Crippen molar-refractivity contribution in [2.75, 3.05) is 39.3 Å². The highest BCUT2D eigenvalue weighted by Crippen LogP contribution is 2.27. The fourth-order valence-corrected chi connectivity index (χ4v) is 2.46. The van der Waals surface area contributed by atoms with Gasteiger partial charge in [-0.2, -0.15) is 0 Å². The van der Waals surface area contributed by atoms with Gasteiger partial charge < -0.3 is 15.0 Å². The molecular weight excluding hydrogens is 307 g/mol. The molecule has 3 nitrogen and oxygen atoms in total. The standard InChI is InChI=1S/C13H18Cl2N2O.ClH/c14-11-2-3-13(12(15)10-11)18-9-1-6-17-7-4-16-5-8-17;/h2-3,10,16H,1,4-9H2;1H. The van der Waals surface area contributed by atoms with Crippen LogP contribution in [-0.2, 0) is 0 Å². The number of hydrogen-bond donors (Lipinski definition) is 1. The monoisotopic (exact) mass is 324 g/mol. The minimum absolute atomic E-state index is 0. The molecule has 108 valence electrons. The Hall–Kier alpha value is -0.190. The van der Waals surface area contributed by atoms with Crippen LogP contribution in [0.3, 0.4) is 0 Å². The Labute approximate surface area is 130 Å². The second kappa shape index (κ2) is 8.88. The maximum absolute atomic E-state index is 6.03. The SMILES string of the molecule is Cl.Clc1ccc(OCCCN2CCNCC2)c(Cl)c1. The van der Waals surface area contributed by atoms with Crippen LogP contribution in [0.25, 0.3) is 0 Å². The molecule has 1 aliphatic rings. The third kappa shape index (κ3) is 5.76. The lowest BCUT2D eigenvalue weighted by Crippen LogP contribution is -2.43. The topological polar surface area (TPSA) is 24.5 Å². The summed E-state index contributed by atoms with van der Waals surface area (Å²) in [7, 11) is 0. The van der Waals surface area contributed by atoms with Crippen LogP contribution in [0.5, 0.6) is 5.75 Å². The van der Waals surface area contributed by atoms with Crippen molar-refractivity contribution in [3.8, 4) is 5.75 Å². The van der Waals surface area contributed by atoms with Gasteiger partial charge in [-0.3, -0.25) is 0 Å². The van der Waals surface area contributed by atoms with Crippen molar-refractivity contribution in [2.24, 2.45) is 0 Å². The Bertz CT molecular complexity index is 384. The summed E-state index contributed by atoms with van der Waals surface area (Å²) in [6, 6.07) is 5.31. The predicted octanol–water partition coefficient (Wildman–Crippen LogP) is 3.09. The van der Waals surface area contributed by atoms with Crippen LogP contribution in [0.4, 0.5) is 0 Å². The largest absolute Gasteiger partial charge is 0.492 e. The van der Waals surface area contributed by atoms with Crippen molar-refractivity contribution in [2.45, 2.75) is 6.42 Å². The van der Waals surface area contributed by atoms with Crippen LogP contribution in [-0.4, -0.2) is 44.2 Å². The first-order chi connectivity index (χ1) is 8.75. The van der Waals surface area contributed by atoms with Crippen LogP contribution >= 0.6 is 35.6 Å². The number of hydrogen-bond acceptors (Lipinski definition) is 3. The van der Waals surface area contributed by atoms with E-state index in [1.807, 2.05) is 6.07 Å². The molecule has 1 heterocycles. The molecule has 1 fully saturated rings. The molecule has 1 aromatic rings. The van der Waals surface area contributed by atoms with E-state index in [9.17, 15) is 0 Å². The number of nitrogens with one attached hydrogen (secondary N) is 1. The van der Waals surface area contributed by atoms with Gasteiger partial charge in [0.15, 0.2) is 0 Å². The van der Waals surface area contributed by atoms with E-state index >= 15 is 0 Å². The number of halogens is 3. The third-order valence-corrected chi connectivity index (χ3v) is 3.51. The highest BCUT2D eigenvalue weighted by molar-refractivity contribution is 6.35. The molecule has 0 atom stereocenters. The van der Waals surface area contributed by atoms with Gasteiger partial charge in [0.05, 0.1) is 11.6 Å². The predicted molar refractivity (Wildman–Crippen MR) is 83.1 cm³/mol. The van der Waals surface area contributed by atoms with Gasteiger partial charge in [-0.1, -0.05) is 23.2 Å². The second-order valence-corrected chi connectivity index (χ2v) is 5.21. The van der Waals surface area contributed by atoms with Crippen molar-refractivity contribution >= 4 is 35.6 Å². The number of benzene rings is 1. The maximum atomic E-state index is 6.03. The van der Waals surface area contributed by atoms with E-state index in [1.165, 1.54) is 0 Å². The highest BCUT2D eigenvalue weighted by Gasteiger charge is 2.08. The molecule has 0 aliphatic carbocycles. The molecule has 1 saturated heterocycles. The zero-order chi connectivity index (χ0) is 12.8. The van der Waals surface area contributed by atoms with Gasteiger partial charge in [0, 0.05) is 37.7 Å². The molecule has 1 N–H and O–H groups in total. The van der Waals surface area contributed by atoms with Crippen molar-refractivity contribution < 1.29 is 4.74 Å². The van der Waals surface area contributed by atoms with Crippen LogP contribution < -0.4 is 10.1 Å². The lowest BCUT2D eigenvalue weighted by molar-refractivity contribution is 0.214. The molecule has 1 aliphatic heterocycles. The highest BCUT2D eigenvalue weighted by atomic mass is 35.5. The van der Waals surface area contributed by atoms with Crippen LogP contribution in [0.1, 0.15) is 6.42 Å². The number of ether oxygens (including phenoxy) is 1. The minimum atomic E-state index is 0. The van der Waals surface area contributed by atoms with E-state index in [0.29, 0.717) is 22.4 Å². The minimum Gasteiger partial charge on any atom is -0.492 e. The Morgan fingerprint density at radius 3 is 2.63 bits per heavy atom. The maximum Gasteiger partial charge on any atom is 0.137 e. The summed E-state index contributed by atoms with van der Waals surface area (Å²) < 4.78 is 5.65. The molecule has 0 saturated carbocycles. The molecule has 2 rings (SSSR count). The van der Waals surface area contributed by atoms with Gasteiger partial charge in [0.2, 0.25) is 0 Å². The number of piperazine rings is 1. The smallest absolute Gasteiger partial charge is 0.137 e. The number of rotatable bonds is 5. The Kier molecular flexibility index (Phi) is 7.88. The van der Waals surface area contributed by atoms with Gasteiger partial charge >= 0.3 is 0 Å². The molecule has 0 bridgehead atoms. The van der Waals surface area contributed by atoms with Crippen molar-refractivity contribution in [3.05, 3.63) is 28.2 Å². The van der Waals surface area contributed by atoms with E-state index < -0.39 is 0 Å². The fourth-order valence-electron chi connectivity index (χ4n) is 2.00. The Morgan fingerprint density at radius 1 is 1.21 bits per heavy atom. The lowest BCUT2D eigenvalue weighted by atomic mass is 10.3. The molecule has 0 aromatic heterocycles. The van der Waals surface area contributed by atoms with Crippen LogP contribution in [0.15, 0.2) is 18.2 Å². The van der Waals surface area contributed by atoms with Crippen LogP contribution in [0, 0.1) is 0 Å². The Balaban J connectivity index is 0.00000180. The Morgan fingerprint density at radius 2 is 1.95 bits per heavy atom. The first-order valence-electron chi connectivity index (χ1n) is 6.26. The summed E-state index contributed by atoms with van der Waals surface area (Å²) >= 11 is 11.9. The zero-order valence-electron chi connectivity index (χ0n) is 10.7. The van der Waals surface area contributed by atoms with E-state index in [2.05, 4.69) is 10.2 Å². The average Bonchev–Trinajstić information content (AvgIpc) is 2.38. The van der Waals surface area contributed by atoms with Crippen molar-refractivity contribution in [1.82, 2.24) is 10.2 Å². The average molecular weight is 326 g/mol. The fraction of sp³-hybridized carbons (Fsp3) is 0.538. The zero-order valence-corrected chi connectivity index (χ0v) is 13.0. The van der Waals surface area contributed by atoms with Gasteiger partial charge in [-0.15, -0.1) is 12.4 Å². The first-order valence-corrected chi connectivity index (χ1v) is 7.02. The molecule has 0 amide bonds. The van der Waals surface area contributed by atoms with Crippen molar-refractivity contribution in [1.29, 1.82) is 0 Å². The molecule has 0 unspecified atom stereocenters. The van der Waals surface area contributed by atoms with Crippen LogP contribution in [0.2, 0.25) is 10.0 Å². The molecule has 0 radical (unpaired) electrons. The molecule has 19 heavy (non-hydrogen) atoms. The second-order valence-electron chi connectivity index (χ2n) is 4.37. The van der Waals surface area contributed by atoms with E-state index in [0.717, 1.165) is 39.1 Å². The van der Waals surface area contributed by atoms with Gasteiger partial charge in [-0.05, 0) is 24.6 Å². The normalized spacial score (nSPS) is 15.9. The summed E-state index contributed by atoms with van der Waals surface area (Å²) in [6.07, 6.45) is 1.01. The van der Waals surface area contributed by atoms with E-state index in [1.54, 1.807) is 12.1 Å². The summed E-state index contributed by atoms with van der Waals surface area (Å²) in [6.45, 7) is 6.19. The summed E-state index contributed by atoms with van der Waals surface area (Å²) in [4.78, 5) is 2.45. The molecule has 6 heteroatoms. The third-order valence-electron chi connectivity index (χ3n) is 2.98. The summed E-state index contributed by atoms with van der Waals surface area (Å²) in [5.74, 6) is 0.710. The molecule has 0 spiro atoms.